The fourth-order valence-corrected chi connectivity index (χ4v) is 2.20. The first-order valence-electron chi connectivity index (χ1n) is 6.97. The van der Waals surface area contributed by atoms with E-state index in [0.29, 0.717) is 28.3 Å². The Morgan fingerprint density at radius 3 is 2.09 bits per heavy atom. The Labute approximate surface area is 129 Å². The number of hydrogen-bond acceptors (Lipinski definition) is 3. The maximum absolute atomic E-state index is 12.7. The number of nitrogen functional groups attached to an aromatic ring is 1. The number of ether oxygens (including phenoxy) is 1. The Morgan fingerprint density at radius 2 is 1.41 bits per heavy atom. The quantitative estimate of drug-likeness (QED) is 0.575. The molecule has 0 heterocycles. The molecule has 2 N–H and O–H groups in total. The Bertz CT molecular complexity index is 783. The molecule has 0 aliphatic carbocycles. The van der Waals surface area contributed by atoms with Crippen LogP contribution in [-0.4, -0.2) is 5.78 Å². The summed E-state index contributed by atoms with van der Waals surface area (Å²) in [6.07, 6.45) is 0. The maximum atomic E-state index is 12.7. The van der Waals surface area contributed by atoms with Gasteiger partial charge in [-0.05, 0) is 24.3 Å². The standard InChI is InChI=1S/C19H15NO2/c20-17-13-7-12-16(18(21)14-8-3-1-4-9-14)19(17)22-15-10-5-2-6-11-15/h1-13H,20H2. The molecular formula is C19H15NO2. The number of para-hydroxylation sites is 2. The lowest BCUT2D eigenvalue weighted by Gasteiger charge is -2.13. The van der Waals surface area contributed by atoms with E-state index in [4.69, 9.17) is 10.5 Å². The highest BCUT2D eigenvalue weighted by Crippen LogP contribution is 2.32. The molecule has 0 aliphatic rings. The molecule has 0 radical (unpaired) electrons. The van der Waals surface area contributed by atoms with Gasteiger partial charge in [0.2, 0.25) is 0 Å². The van der Waals surface area contributed by atoms with Gasteiger partial charge < -0.3 is 10.5 Å². The molecule has 0 unspecified atom stereocenters. The van der Waals surface area contributed by atoms with Crippen LogP contribution >= 0.6 is 0 Å². The van der Waals surface area contributed by atoms with Crippen molar-refractivity contribution in [1.29, 1.82) is 0 Å². The Kier molecular flexibility index (Phi) is 3.88. The van der Waals surface area contributed by atoms with Crippen LogP contribution in [0, 0.1) is 0 Å². The van der Waals surface area contributed by atoms with Gasteiger partial charge in [0.1, 0.15) is 5.75 Å². The van der Waals surface area contributed by atoms with Crippen molar-refractivity contribution in [3.05, 3.63) is 90.0 Å². The summed E-state index contributed by atoms with van der Waals surface area (Å²) in [5.74, 6) is 0.920. The van der Waals surface area contributed by atoms with Crippen molar-refractivity contribution < 1.29 is 9.53 Å². The molecule has 0 bridgehead atoms. The van der Waals surface area contributed by atoms with Crippen LogP contribution in [0.25, 0.3) is 0 Å². The number of anilines is 1. The SMILES string of the molecule is Nc1cccc(C(=O)c2ccccc2)c1Oc1ccccc1. The summed E-state index contributed by atoms with van der Waals surface area (Å²) in [7, 11) is 0. The zero-order chi connectivity index (χ0) is 15.4. The zero-order valence-corrected chi connectivity index (χ0v) is 11.9. The minimum atomic E-state index is -0.112. The molecule has 3 heteroatoms. The second-order valence-corrected chi connectivity index (χ2v) is 4.83. The fraction of sp³-hybridized carbons (Fsp3) is 0. The number of benzene rings is 3. The van der Waals surface area contributed by atoms with Gasteiger partial charge in [0.15, 0.2) is 11.5 Å². The summed E-state index contributed by atoms with van der Waals surface area (Å²) in [6, 6.07) is 23.6. The molecular weight excluding hydrogens is 274 g/mol. The van der Waals surface area contributed by atoms with Crippen molar-refractivity contribution in [2.75, 3.05) is 5.73 Å². The number of carbonyl (C=O) groups excluding carboxylic acids is 1. The topological polar surface area (TPSA) is 52.3 Å². The molecule has 0 aromatic heterocycles. The van der Waals surface area contributed by atoms with Gasteiger partial charge in [-0.25, -0.2) is 0 Å². The minimum Gasteiger partial charge on any atom is -0.454 e. The van der Waals surface area contributed by atoms with Crippen LogP contribution < -0.4 is 10.5 Å². The monoisotopic (exact) mass is 289 g/mol. The van der Waals surface area contributed by atoms with Gasteiger partial charge in [0.25, 0.3) is 0 Å². The highest BCUT2D eigenvalue weighted by molar-refractivity contribution is 6.11. The lowest BCUT2D eigenvalue weighted by molar-refractivity contribution is 0.103. The van der Waals surface area contributed by atoms with E-state index in [1.807, 2.05) is 48.5 Å². The smallest absolute Gasteiger partial charge is 0.196 e. The Hall–Kier alpha value is -3.07. The van der Waals surface area contributed by atoms with Gasteiger partial charge in [-0.2, -0.15) is 0 Å². The first kappa shape index (κ1) is 13.9. The van der Waals surface area contributed by atoms with Crippen molar-refractivity contribution in [2.45, 2.75) is 0 Å². The molecule has 3 rings (SSSR count). The van der Waals surface area contributed by atoms with Gasteiger partial charge in [-0.1, -0.05) is 54.6 Å². The molecule has 3 aromatic rings. The number of ketones is 1. The summed E-state index contributed by atoms with van der Waals surface area (Å²) < 4.78 is 5.84. The van der Waals surface area contributed by atoms with E-state index in [1.165, 1.54) is 0 Å². The van der Waals surface area contributed by atoms with Crippen LogP contribution in [0.3, 0.4) is 0 Å². The van der Waals surface area contributed by atoms with Gasteiger partial charge in [0.05, 0.1) is 11.3 Å². The van der Waals surface area contributed by atoms with Crippen molar-refractivity contribution in [3.8, 4) is 11.5 Å². The molecule has 0 amide bonds. The summed E-state index contributed by atoms with van der Waals surface area (Å²) in [6.45, 7) is 0. The van der Waals surface area contributed by atoms with Crippen molar-refractivity contribution in [3.63, 3.8) is 0 Å². The van der Waals surface area contributed by atoms with E-state index in [-0.39, 0.29) is 5.78 Å². The second kappa shape index (κ2) is 6.14. The third-order valence-corrected chi connectivity index (χ3v) is 3.29. The minimum absolute atomic E-state index is 0.112. The number of hydrogen-bond donors (Lipinski definition) is 1. The highest BCUT2D eigenvalue weighted by atomic mass is 16.5. The average molecular weight is 289 g/mol. The van der Waals surface area contributed by atoms with Crippen LogP contribution in [-0.2, 0) is 0 Å². The average Bonchev–Trinajstić information content (AvgIpc) is 2.58. The molecule has 3 nitrogen and oxygen atoms in total. The van der Waals surface area contributed by atoms with Crippen LogP contribution in [0.2, 0.25) is 0 Å². The highest BCUT2D eigenvalue weighted by Gasteiger charge is 2.17. The molecule has 0 spiro atoms. The van der Waals surface area contributed by atoms with Crippen LogP contribution in [0.15, 0.2) is 78.9 Å². The summed E-state index contributed by atoms with van der Waals surface area (Å²) in [5, 5.41) is 0. The first-order valence-corrected chi connectivity index (χ1v) is 6.97. The number of carbonyl (C=O) groups is 1. The second-order valence-electron chi connectivity index (χ2n) is 4.83. The molecule has 3 aromatic carbocycles. The summed E-state index contributed by atoms with van der Waals surface area (Å²) >= 11 is 0. The largest absolute Gasteiger partial charge is 0.454 e. The molecule has 0 saturated heterocycles. The van der Waals surface area contributed by atoms with Crippen LogP contribution in [0.4, 0.5) is 5.69 Å². The fourth-order valence-electron chi connectivity index (χ4n) is 2.20. The number of rotatable bonds is 4. The Balaban J connectivity index is 2.02. The van der Waals surface area contributed by atoms with Gasteiger partial charge >= 0.3 is 0 Å². The summed E-state index contributed by atoms with van der Waals surface area (Å²) in [5.41, 5.74) is 7.50. The first-order chi connectivity index (χ1) is 10.8. The van der Waals surface area contributed by atoms with Crippen molar-refractivity contribution in [2.24, 2.45) is 0 Å². The van der Waals surface area contributed by atoms with E-state index in [9.17, 15) is 4.79 Å². The van der Waals surface area contributed by atoms with Gasteiger partial charge in [0, 0.05) is 5.56 Å². The predicted molar refractivity (Wildman–Crippen MR) is 87.2 cm³/mol. The summed E-state index contributed by atoms with van der Waals surface area (Å²) in [4.78, 5) is 12.7. The Morgan fingerprint density at radius 1 is 0.773 bits per heavy atom. The van der Waals surface area contributed by atoms with Gasteiger partial charge in [-0.15, -0.1) is 0 Å². The van der Waals surface area contributed by atoms with Crippen LogP contribution in [0.1, 0.15) is 15.9 Å². The van der Waals surface area contributed by atoms with Crippen molar-refractivity contribution in [1.82, 2.24) is 0 Å². The van der Waals surface area contributed by atoms with Crippen molar-refractivity contribution >= 4 is 11.5 Å². The van der Waals surface area contributed by atoms with E-state index < -0.39 is 0 Å². The number of nitrogens with two attached hydrogens (primary N) is 1. The normalized spacial score (nSPS) is 10.2. The predicted octanol–water partition coefficient (Wildman–Crippen LogP) is 4.29. The molecule has 0 atom stereocenters. The molecule has 0 aliphatic heterocycles. The van der Waals surface area contributed by atoms with E-state index in [2.05, 4.69) is 0 Å². The maximum Gasteiger partial charge on any atom is 0.196 e. The molecule has 0 fully saturated rings. The lowest BCUT2D eigenvalue weighted by Crippen LogP contribution is -2.05. The molecule has 0 saturated carbocycles. The van der Waals surface area contributed by atoms with E-state index >= 15 is 0 Å². The molecule has 22 heavy (non-hydrogen) atoms. The van der Waals surface area contributed by atoms with E-state index in [0.717, 1.165) is 0 Å². The van der Waals surface area contributed by atoms with E-state index in [1.54, 1.807) is 30.3 Å². The third kappa shape index (κ3) is 2.83. The zero-order valence-electron chi connectivity index (χ0n) is 11.9. The third-order valence-electron chi connectivity index (χ3n) is 3.29. The lowest BCUT2D eigenvalue weighted by atomic mass is 10.0. The van der Waals surface area contributed by atoms with Crippen LogP contribution in [0.5, 0.6) is 11.5 Å². The molecule has 108 valence electrons. The van der Waals surface area contributed by atoms with Gasteiger partial charge in [-0.3, -0.25) is 4.79 Å².